The van der Waals surface area contributed by atoms with E-state index in [4.69, 9.17) is 16.4 Å². The SMILES string of the molecule is Clc1ccc(C2=CN=CON2)cc1. The molecular formula is C9H7ClN2O. The van der Waals surface area contributed by atoms with Crippen molar-refractivity contribution in [3.8, 4) is 0 Å². The maximum Gasteiger partial charge on any atom is 0.208 e. The summed E-state index contributed by atoms with van der Waals surface area (Å²) in [5.41, 5.74) is 4.53. The number of hydrogen-bond donors (Lipinski definition) is 1. The molecule has 4 heteroatoms. The van der Waals surface area contributed by atoms with E-state index in [-0.39, 0.29) is 0 Å². The van der Waals surface area contributed by atoms with Crippen molar-refractivity contribution in [2.24, 2.45) is 4.99 Å². The normalized spacial score (nSPS) is 14.4. The smallest absolute Gasteiger partial charge is 0.208 e. The van der Waals surface area contributed by atoms with Gasteiger partial charge in [0.05, 0.1) is 11.9 Å². The zero-order valence-electron chi connectivity index (χ0n) is 6.70. The van der Waals surface area contributed by atoms with Crippen LogP contribution in [0.15, 0.2) is 35.5 Å². The number of nitrogens with zero attached hydrogens (tertiary/aromatic N) is 1. The second-order valence-electron chi connectivity index (χ2n) is 2.52. The van der Waals surface area contributed by atoms with E-state index in [1.54, 1.807) is 6.20 Å². The highest BCUT2D eigenvalue weighted by molar-refractivity contribution is 6.30. The minimum Gasteiger partial charge on any atom is -0.370 e. The van der Waals surface area contributed by atoms with Crippen LogP contribution in [0.5, 0.6) is 0 Å². The predicted molar refractivity (Wildman–Crippen MR) is 52.1 cm³/mol. The Labute approximate surface area is 80.6 Å². The average Bonchev–Trinajstić information content (AvgIpc) is 2.20. The topological polar surface area (TPSA) is 33.6 Å². The van der Waals surface area contributed by atoms with E-state index in [9.17, 15) is 0 Å². The molecule has 0 aromatic heterocycles. The lowest BCUT2D eigenvalue weighted by atomic mass is 10.2. The molecule has 0 spiro atoms. The maximum absolute atomic E-state index is 5.75. The number of halogens is 1. The third-order valence-electron chi connectivity index (χ3n) is 1.64. The molecular weight excluding hydrogens is 188 g/mol. The van der Waals surface area contributed by atoms with Crippen LogP contribution in [0.25, 0.3) is 5.70 Å². The zero-order chi connectivity index (χ0) is 9.10. The zero-order valence-corrected chi connectivity index (χ0v) is 7.45. The van der Waals surface area contributed by atoms with Crippen molar-refractivity contribution in [3.05, 3.63) is 41.1 Å². The molecule has 0 unspecified atom stereocenters. The second kappa shape index (κ2) is 3.49. The molecule has 1 aliphatic rings. The fourth-order valence-corrected chi connectivity index (χ4v) is 1.14. The Kier molecular flexibility index (Phi) is 2.19. The van der Waals surface area contributed by atoms with Gasteiger partial charge in [-0.05, 0) is 12.1 Å². The minimum absolute atomic E-state index is 0.713. The monoisotopic (exact) mass is 194 g/mol. The van der Waals surface area contributed by atoms with Crippen LogP contribution in [0, 0.1) is 0 Å². The van der Waals surface area contributed by atoms with Gasteiger partial charge in [-0.1, -0.05) is 23.7 Å². The number of aliphatic imine (C=N–C) groups is 1. The summed E-state index contributed by atoms with van der Waals surface area (Å²) >= 11 is 5.75. The highest BCUT2D eigenvalue weighted by atomic mass is 35.5. The standard InChI is InChI=1S/C9H7ClN2O/c10-8-3-1-7(2-4-8)9-5-11-6-13-12-9/h1-6,12H. The van der Waals surface area contributed by atoms with Crippen molar-refractivity contribution in [2.75, 3.05) is 0 Å². The molecule has 0 amide bonds. The molecule has 2 rings (SSSR count). The van der Waals surface area contributed by atoms with Gasteiger partial charge in [-0.15, -0.1) is 0 Å². The Morgan fingerprint density at radius 3 is 2.62 bits per heavy atom. The van der Waals surface area contributed by atoms with Crippen molar-refractivity contribution in [2.45, 2.75) is 0 Å². The summed E-state index contributed by atoms with van der Waals surface area (Å²) in [6.07, 6.45) is 3.02. The fraction of sp³-hybridized carbons (Fsp3) is 0. The molecule has 1 heterocycles. The number of rotatable bonds is 1. The summed E-state index contributed by atoms with van der Waals surface area (Å²) < 4.78 is 0. The van der Waals surface area contributed by atoms with Crippen molar-refractivity contribution < 1.29 is 4.84 Å². The molecule has 0 bridgehead atoms. The van der Waals surface area contributed by atoms with E-state index < -0.39 is 0 Å². The lowest BCUT2D eigenvalue weighted by Gasteiger charge is -2.10. The first kappa shape index (κ1) is 8.13. The average molecular weight is 195 g/mol. The quantitative estimate of drug-likeness (QED) is 0.744. The summed E-state index contributed by atoms with van der Waals surface area (Å²) in [4.78, 5) is 8.68. The van der Waals surface area contributed by atoms with Gasteiger partial charge in [0.25, 0.3) is 0 Å². The summed E-state index contributed by atoms with van der Waals surface area (Å²) in [5, 5.41) is 0.713. The molecule has 0 saturated heterocycles. The molecule has 3 nitrogen and oxygen atoms in total. The first-order valence-corrected chi connectivity index (χ1v) is 4.13. The van der Waals surface area contributed by atoms with Gasteiger partial charge in [-0.2, -0.15) is 0 Å². The van der Waals surface area contributed by atoms with Crippen LogP contribution < -0.4 is 5.48 Å². The highest BCUT2D eigenvalue weighted by Gasteiger charge is 2.02. The number of benzene rings is 1. The Bertz CT molecular complexity index is 356. The van der Waals surface area contributed by atoms with Gasteiger partial charge in [0.2, 0.25) is 6.40 Å². The van der Waals surface area contributed by atoms with Gasteiger partial charge in [0.15, 0.2) is 0 Å². The van der Waals surface area contributed by atoms with Crippen LogP contribution >= 0.6 is 11.6 Å². The lowest BCUT2D eigenvalue weighted by molar-refractivity contribution is 0.247. The molecule has 1 N–H and O–H groups in total. The van der Waals surface area contributed by atoms with Crippen LogP contribution in [0.1, 0.15) is 5.56 Å². The summed E-state index contributed by atoms with van der Waals surface area (Å²) in [7, 11) is 0. The van der Waals surface area contributed by atoms with Crippen LogP contribution in [0.2, 0.25) is 5.02 Å². The molecule has 0 aliphatic carbocycles. The van der Waals surface area contributed by atoms with E-state index in [0.717, 1.165) is 11.3 Å². The summed E-state index contributed by atoms with van der Waals surface area (Å²) in [6.45, 7) is 0. The minimum atomic E-state index is 0.713. The molecule has 1 aliphatic heterocycles. The van der Waals surface area contributed by atoms with Gasteiger partial charge in [-0.25, -0.2) is 10.5 Å². The number of hydroxylamine groups is 1. The van der Waals surface area contributed by atoms with Gasteiger partial charge in [0.1, 0.15) is 0 Å². The Hall–Kier alpha value is -1.48. The maximum atomic E-state index is 5.75. The van der Waals surface area contributed by atoms with Crippen molar-refractivity contribution in [3.63, 3.8) is 0 Å². The number of nitrogens with one attached hydrogen (secondary N) is 1. The summed E-state index contributed by atoms with van der Waals surface area (Å²) in [5.74, 6) is 0. The van der Waals surface area contributed by atoms with Crippen LogP contribution in [-0.2, 0) is 4.84 Å². The van der Waals surface area contributed by atoms with Gasteiger partial charge in [-0.3, -0.25) is 0 Å². The van der Waals surface area contributed by atoms with E-state index >= 15 is 0 Å². The molecule has 0 atom stereocenters. The second-order valence-corrected chi connectivity index (χ2v) is 2.96. The molecule has 0 saturated carbocycles. The molecule has 13 heavy (non-hydrogen) atoms. The third kappa shape index (κ3) is 1.81. The largest absolute Gasteiger partial charge is 0.370 e. The first-order chi connectivity index (χ1) is 6.36. The number of hydrogen-bond acceptors (Lipinski definition) is 3. The Balaban J connectivity index is 2.30. The van der Waals surface area contributed by atoms with E-state index in [1.165, 1.54) is 6.40 Å². The Morgan fingerprint density at radius 1 is 1.23 bits per heavy atom. The van der Waals surface area contributed by atoms with Crippen LogP contribution in [0.4, 0.5) is 0 Å². The van der Waals surface area contributed by atoms with E-state index in [1.807, 2.05) is 24.3 Å². The molecule has 1 aromatic carbocycles. The molecule has 0 radical (unpaired) electrons. The van der Waals surface area contributed by atoms with Gasteiger partial charge >= 0.3 is 0 Å². The van der Waals surface area contributed by atoms with E-state index in [0.29, 0.717) is 5.02 Å². The first-order valence-electron chi connectivity index (χ1n) is 3.76. The highest BCUT2D eigenvalue weighted by Crippen LogP contribution is 2.16. The van der Waals surface area contributed by atoms with Crippen molar-refractivity contribution in [1.82, 2.24) is 5.48 Å². The fourth-order valence-electron chi connectivity index (χ4n) is 1.01. The molecule has 1 aromatic rings. The predicted octanol–water partition coefficient (Wildman–Crippen LogP) is 2.20. The molecule has 0 fully saturated rings. The van der Waals surface area contributed by atoms with Crippen LogP contribution in [0.3, 0.4) is 0 Å². The van der Waals surface area contributed by atoms with Crippen LogP contribution in [-0.4, -0.2) is 6.40 Å². The van der Waals surface area contributed by atoms with Gasteiger partial charge < -0.3 is 4.84 Å². The molecule has 66 valence electrons. The van der Waals surface area contributed by atoms with Gasteiger partial charge in [0, 0.05) is 10.6 Å². The van der Waals surface area contributed by atoms with Crippen molar-refractivity contribution in [1.29, 1.82) is 0 Å². The van der Waals surface area contributed by atoms with Crippen molar-refractivity contribution >= 4 is 23.7 Å². The Morgan fingerprint density at radius 2 is 2.00 bits per heavy atom. The lowest BCUT2D eigenvalue weighted by Crippen LogP contribution is -2.14. The third-order valence-corrected chi connectivity index (χ3v) is 1.89. The van der Waals surface area contributed by atoms with E-state index in [2.05, 4.69) is 10.5 Å². The summed E-state index contributed by atoms with van der Waals surface area (Å²) in [6, 6.07) is 7.42.